The molecule has 0 saturated carbocycles. The molecule has 1 aromatic carbocycles. The van der Waals surface area contributed by atoms with Gasteiger partial charge < -0.3 is 5.32 Å². The van der Waals surface area contributed by atoms with Gasteiger partial charge in [-0.15, -0.1) is 0 Å². The van der Waals surface area contributed by atoms with Crippen LogP contribution in [-0.4, -0.2) is 17.5 Å². The van der Waals surface area contributed by atoms with Gasteiger partial charge in [-0.25, -0.2) is 14.1 Å². The van der Waals surface area contributed by atoms with Gasteiger partial charge in [-0.2, -0.15) is 5.26 Å². The predicted octanol–water partition coefficient (Wildman–Crippen LogP) is 1.37. The summed E-state index contributed by atoms with van der Waals surface area (Å²) in [4.78, 5) is 12.2. The number of benzene rings is 1. The topological polar surface area (TPSA) is 56.1 Å². The van der Waals surface area contributed by atoms with Gasteiger partial charge in [0.2, 0.25) is 0 Å². The van der Waals surface area contributed by atoms with Gasteiger partial charge >= 0.3 is 6.03 Å². The van der Waals surface area contributed by atoms with Crippen molar-refractivity contribution < 1.29 is 9.18 Å². The maximum absolute atomic E-state index is 12.6. The lowest BCUT2D eigenvalue weighted by Gasteiger charge is -2.08. The number of hydrogen-bond acceptors (Lipinski definition) is 2. The van der Waals surface area contributed by atoms with Crippen LogP contribution in [0.5, 0.6) is 0 Å². The van der Waals surface area contributed by atoms with E-state index in [9.17, 15) is 9.18 Å². The molecule has 1 atom stereocenters. The number of hydrogen-bond donors (Lipinski definition) is 1. The van der Waals surface area contributed by atoms with Crippen molar-refractivity contribution in [3.63, 3.8) is 0 Å². The first kappa shape index (κ1) is 9.46. The fraction of sp³-hybridized carbons (Fsp3) is 0.200. The summed E-state index contributed by atoms with van der Waals surface area (Å²) in [5, 5.41) is 11.2. The molecular formula is C10H8FN3O. The van der Waals surface area contributed by atoms with E-state index >= 15 is 0 Å². The zero-order valence-corrected chi connectivity index (χ0v) is 7.77. The van der Waals surface area contributed by atoms with E-state index in [0.29, 0.717) is 6.54 Å². The summed E-state index contributed by atoms with van der Waals surface area (Å²) < 4.78 is 12.6. The highest BCUT2D eigenvalue weighted by Crippen LogP contribution is 2.19. The van der Waals surface area contributed by atoms with E-state index in [0.717, 1.165) is 10.5 Å². The molecule has 2 amide bonds. The summed E-state index contributed by atoms with van der Waals surface area (Å²) in [7, 11) is 0. The smallest absolute Gasteiger partial charge is 0.328 e. The molecule has 2 rings (SSSR count). The second kappa shape index (κ2) is 3.58. The highest BCUT2D eigenvalue weighted by molar-refractivity contribution is 5.78. The van der Waals surface area contributed by atoms with Crippen LogP contribution in [0.2, 0.25) is 0 Å². The van der Waals surface area contributed by atoms with Crippen LogP contribution < -0.4 is 5.32 Å². The Hall–Kier alpha value is -2.09. The zero-order valence-electron chi connectivity index (χ0n) is 7.77. The van der Waals surface area contributed by atoms with E-state index in [1.54, 1.807) is 18.3 Å². The Bertz CT molecular complexity index is 423. The number of amides is 2. The molecule has 1 aromatic rings. The van der Waals surface area contributed by atoms with E-state index in [-0.39, 0.29) is 11.9 Å². The Morgan fingerprint density at radius 2 is 2.13 bits per heavy atom. The van der Waals surface area contributed by atoms with Crippen LogP contribution in [0.4, 0.5) is 9.18 Å². The van der Waals surface area contributed by atoms with Crippen LogP contribution in [-0.2, 0) is 0 Å². The number of nitriles is 1. The Morgan fingerprint density at radius 1 is 1.47 bits per heavy atom. The molecule has 1 fully saturated rings. The first-order valence-corrected chi connectivity index (χ1v) is 4.44. The second-order valence-corrected chi connectivity index (χ2v) is 3.26. The molecule has 0 aromatic heterocycles. The average molecular weight is 205 g/mol. The molecule has 76 valence electrons. The van der Waals surface area contributed by atoms with Gasteiger partial charge in [0.05, 0.1) is 12.6 Å². The van der Waals surface area contributed by atoms with Gasteiger partial charge in [0.25, 0.3) is 0 Å². The van der Waals surface area contributed by atoms with E-state index in [1.165, 1.54) is 12.1 Å². The SMILES string of the molecule is N#CN1CC(c2ccc(F)cc2)NC1=O. The normalized spacial score (nSPS) is 19.9. The van der Waals surface area contributed by atoms with Crippen molar-refractivity contribution in [3.05, 3.63) is 35.6 Å². The molecule has 1 aliphatic rings. The van der Waals surface area contributed by atoms with Gasteiger partial charge in [0.15, 0.2) is 6.19 Å². The number of carbonyl (C=O) groups is 1. The number of carbonyl (C=O) groups excluding carboxylic acids is 1. The van der Waals surface area contributed by atoms with Crippen molar-refractivity contribution in [3.8, 4) is 6.19 Å². The van der Waals surface area contributed by atoms with Crippen molar-refractivity contribution >= 4 is 6.03 Å². The lowest BCUT2D eigenvalue weighted by Crippen LogP contribution is -2.23. The molecule has 0 radical (unpaired) electrons. The van der Waals surface area contributed by atoms with Crippen molar-refractivity contribution in [2.24, 2.45) is 0 Å². The molecule has 0 aliphatic carbocycles. The van der Waals surface area contributed by atoms with Crippen molar-refractivity contribution in [2.45, 2.75) is 6.04 Å². The second-order valence-electron chi connectivity index (χ2n) is 3.26. The average Bonchev–Trinajstić information content (AvgIpc) is 2.61. The van der Waals surface area contributed by atoms with Crippen LogP contribution in [0.15, 0.2) is 24.3 Å². The van der Waals surface area contributed by atoms with Gasteiger partial charge in [0, 0.05) is 0 Å². The van der Waals surface area contributed by atoms with Crippen LogP contribution in [0.3, 0.4) is 0 Å². The van der Waals surface area contributed by atoms with Gasteiger partial charge in [-0.1, -0.05) is 12.1 Å². The first-order valence-electron chi connectivity index (χ1n) is 4.44. The Kier molecular flexibility index (Phi) is 2.26. The van der Waals surface area contributed by atoms with Crippen LogP contribution >= 0.6 is 0 Å². The van der Waals surface area contributed by atoms with Crippen molar-refractivity contribution in [1.29, 1.82) is 5.26 Å². The minimum absolute atomic E-state index is 0.238. The Balaban J connectivity index is 2.18. The molecule has 4 nitrogen and oxygen atoms in total. The quantitative estimate of drug-likeness (QED) is 0.704. The molecular weight excluding hydrogens is 197 g/mol. The number of rotatable bonds is 1. The summed E-state index contributed by atoms with van der Waals surface area (Å²) in [6, 6.07) is 5.21. The van der Waals surface area contributed by atoms with Gasteiger partial charge in [0.1, 0.15) is 5.82 Å². The molecule has 1 N–H and O–H groups in total. The highest BCUT2D eigenvalue weighted by Gasteiger charge is 2.29. The minimum Gasteiger partial charge on any atom is -0.328 e. The van der Waals surface area contributed by atoms with E-state index < -0.39 is 6.03 Å². The van der Waals surface area contributed by atoms with E-state index in [1.807, 2.05) is 0 Å². The van der Waals surface area contributed by atoms with Crippen molar-refractivity contribution in [2.75, 3.05) is 6.54 Å². The third-order valence-corrected chi connectivity index (χ3v) is 2.30. The standard InChI is InChI=1S/C10H8FN3O/c11-8-3-1-7(2-4-8)9-5-14(6-12)10(15)13-9/h1-4,9H,5H2,(H,13,15). The maximum atomic E-state index is 12.6. The molecule has 5 heteroatoms. The van der Waals surface area contributed by atoms with Crippen molar-refractivity contribution in [1.82, 2.24) is 10.2 Å². The first-order chi connectivity index (χ1) is 7.20. The highest BCUT2D eigenvalue weighted by atomic mass is 19.1. The molecule has 0 spiro atoms. The maximum Gasteiger partial charge on any atom is 0.331 e. The summed E-state index contributed by atoms with van der Waals surface area (Å²) in [6.07, 6.45) is 1.77. The number of halogens is 1. The molecule has 1 heterocycles. The Labute approximate surface area is 85.9 Å². The lowest BCUT2D eigenvalue weighted by molar-refractivity contribution is 0.232. The summed E-state index contributed by atoms with van der Waals surface area (Å²) >= 11 is 0. The molecule has 1 unspecified atom stereocenters. The molecule has 1 aliphatic heterocycles. The van der Waals surface area contributed by atoms with Crippen LogP contribution in [0, 0.1) is 17.3 Å². The minimum atomic E-state index is -0.410. The third kappa shape index (κ3) is 1.74. The summed E-state index contributed by atoms with van der Waals surface area (Å²) in [5.41, 5.74) is 0.794. The summed E-state index contributed by atoms with van der Waals surface area (Å²) in [5.74, 6) is -0.319. The summed E-state index contributed by atoms with van der Waals surface area (Å²) in [6.45, 7) is 0.293. The van der Waals surface area contributed by atoms with E-state index in [4.69, 9.17) is 5.26 Å². The zero-order chi connectivity index (χ0) is 10.8. The van der Waals surface area contributed by atoms with Crippen LogP contribution in [0.1, 0.15) is 11.6 Å². The number of urea groups is 1. The molecule has 15 heavy (non-hydrogen) atoms. The lowest BCUT2D eigenvalue weighted by atomic mass is 10.1. The van der Waals surface area contributed by atoms with Gasteiger partial charge in [-0.05, 0) is 17.7 Å². The Morgan fingerprint density at radius 3 is 2.67 bits per heavy atom. The third-order valence-electron chi connectivity index (χ3n) is 2.30. The van der Waals surface area contributed by atoms with Gasteiger partial charge in [-0.3, -0.25) is 0 Å². The fourth-order valence-electron chi connectivity index (χ4n) is 1.51. The van der Waals surface area contributed by atoms with Crippen LogP contribution in [0.25, 0.3) is 0 Å². The number of nitrogens with one attached hydrogen (secondary N) is 1. The number of nitrogens with zero attached hydrogens (tertiary/aromatic N) is 2. The predicted molar refractivity (Wildman–Crippen MR) is 50.0 cm³/mol. The largest absolute Gasteiger partial charge is 0.331 e. The molecule has 1 saturated heterocycles. The van der Waals surface area contributed by atoms with E-state index in [2.05, 4.69) is 5.32 Å². The molecule has 0 bridgehead atoms. The fourth-order valence-corrected chi connectivity index (χ4v) is 1.51. The monoisotopic (exact) mass is 205 g/mol.